The number of nitriles is 2. The lowest BCUT2D eigenvalue weighted by Crippen LogP contribution is -2.26. The van der Waals surface area contributed by atoms with Gasteiger partial charge in [0.2, 0.25) is 0 Å². The molecule has 0 aliphatic carbocycles. The molecule has 3 nitrogen and oxygen atoms in total. The van der Waals surface area contributed by atoms with Crippen molar-refractivity contribution >= 4 is 0 Å². The monoisotopic (exact) mass is 199 g/mol. The van der Waals surface area contributed by atoms with Gasteiger partial charge < -0.3 is 0 Å². The fraction of sp³-hybridized carbons (Fsp3) is 0.333. The fourth-order valence-electron chi connectivity index (χ4n) is 1.35. The van der Waals surface area contributed by atoms with Crippen molar-refractivity contribution in [3.05, 3.63) is 35.9 Å². The van der Waals surface area contributed by atoms with E-state index in [0.717, 1.165) is 13.0 Å². The normalized spacial score (nSPS) is 9.53. The Morgan fingerprint density at radius 1 is 1.00 bits per heavy atom. The minimum absolute atomic E-state index is 0.320. The zero-order valence-corrected chi connectivity index (χ0v) is 8.56. The Hall–Kier alpha value is -1.84. The lowest BCUT2D eigenvalue weighted by atomic mass is 10.1. The van der Waals surface area contributed by atoms with Crippen LogP contribution in [0.3, 0.4) is 0 Å². The van der Waals surface area contributed by atoms with E-state index in [2.05, 4.69) is 24.3 Å². The Balaban J connectivity index is 2.41. The highest BCUT2D eigenvalue weighted by Gasteiger charge is 2.02. The molecule has 15 heavy (non-hydrogen) atoms. The summed E-state index contributed by atoms with van der Waals surface area (Å²) in [5.74, 6) is 0. The lowest BCUT2D eigenvalue weighted by Gasteiger charge is -2.14. The van der Waals surface area contributed by atoms with Crippen molar-refractivity contribution in [1.82, 2.24) is 4.90 Å². The maximum absolute atomic E-state index is 8.56. The second-order valence-electron chi connectivity index (χ2n) is 3.26. The van der Waals surface area contributed by atoms with Gasteiger partial charge in [-0.05, 0) is 12.0 Å². The smallest absolute Gasteiger partial charge is 0.0874 e. The van der Waals surface area contributed by atoms with E-state index < -0.39 is 0 Å². The first-order valence-corrected chi connectivity index (χ1v) is 4.87. The molecule has 0 saturated carbocycles. The molecule has 0 aliphatic heterocycles. The highest BCUT2D eigenvalue weighted by Crippen LogP contribution is 2.00. The zero-order valence-electron chi connectivity index (χ0n) is 8.56. The van der Waals surface area contributed by atoms with Gasteiger partial charge in [0.1, 0.15) is 0 Å². The summed E-state index contributed by atoms with van der Waals surface area (Å²) in [4.78, 5) is 1.84. The average molecular weight is 199 g/mol. The molecule has 0 fully saturated rings. The van der Waals surface area contributed by atoms with Gasteiger partial charge in [-0.3, -0.25) is 4.90 Å². The van der Waals surface area contributed by atoms with Gasteiger partial charge in [-0.25, -0.2) is 0 Å². The predicted molar refractivity (Wildman–Crippen MR) is 57.8 cm³/mol. The summed E-state index contributed by atoms with van der Waals surface area (Å²) < 4.78 is 0. The molecule has 0 bridgehead atoms. The largest absolute Gasteiger partial charge is 0.277 e. The maximum Gasteiger partial charge on any atom is 0.0874 e. The second-order valence-corrected chi connectivity index (χ2v) is 3.26. The summed E-state index contributed by atoms with van der Waals surface area (Å²) in [5.41, 5.74) is 1.23. The van der Waals surface area contributed by atoms with Crippen LogP contribution in [0.2, 0.25) is 0 Å². The SMILES string of the molecule is N#CCN(CC#N)CCc1ccccc1. The molecular formula is C12H13N3. The minimum Gasteiger partial charge on any atom is -0.277 e. The third kappa shape index (κ3) is 4.26. The van der Waals surface area contributed by atoms with Gasteiger partial charge in [0.25, 0.3) is 0 Å². The summed E-state index contributed by atoms with van der Waals surface area (Å²) in [5, 5.41) is 17.1. The number of hydrogen-bond acceptors (Lipinski definition) is 3. The molecule has 76 valence electrons. The lowest BCUT2D eigenvalue weighted by molar-refractivity contribution is 0.347. The zero-order chi connectivity index (χ0) is 10.9. The summed E-state index contributed by atoms with van der Waals surface area (Å²) in [6.45, 7) is 1.39. The average Bonchev–Trinajstić information content (AvgIpc) is 2.28. The Kier molecular flexibility index (Phi) is 4.94. The van der Waals surface area contributed by atoms with Gasteiger partial charge in [-0.1, -0.05) is 30.3 Å². The number of hydrogen-bond donors (Lipinski definition) is 0. The van der Waals surface area contributed by atoms with Crippen LogP contribution in [0.1, 0.15) is 5.56 Å². The molecule has 0 N–H and O–H groups in total. The molecule has 0 spiro atoms. The Morgan fingerprint density at radius 3 is 2.13 bits per heavy atom. The van der Waals surface area contributed by atoms with Crippen LogP contribution in [-0.2, 0) is 6.42 Å². The predicted octanol–water partition coefficient (Wildman–Crippen LogP) is 1.58. The van der Waals surface area contributed by atoms with Crippen molar-refractivity contribution in [2.24, 2.45) is 0 Å². The van der Waals surface area contributed by atoms with Crippen molar-refractivity contribution in [3.63, 3.8) is 0 Å². The van der Waals surface area contributed by atoms with Crippen LogP contribution in [-0.4, -0.2) is 24.5 Å². The minimum atomic E-state index is 0.320. The van der Waals surface area contributed by atoms with E-state index >= 15 is 0 Å². The number of rotatable bonds is 5. The summed E-state index contributed by atoms with van der Waals surface area (Å²) in [6.07, 6.45) is 0.879. The second kappa shape index (κ2) is 6.59. The van der Waals surface area contributed by atoms with Crippen molar-refractivity contribution in [2.75, 3.05) is 19.6 Å². The fourth-order valence-corrected chi connectivity index (χ4v) is 1.35. The molecule has 0 saturated heterocycles. The standard InChI is InChI=1S/C12H13N3/c13-7-10-15(11-8-14)9-6-12-4-2-1-3-5-12/h1-5H,6,9-11H2. The molecule has 0 aromatic heterocycles. The maximum atomic E-state index is 8.56. The Morgan fingerprint density at radius 2 is 1.60 bits per heavy atom. The van der Waals surface area contributed by atoms with E-state index in [-0.39, 0.29) is 0 Å². The molecule has 1 aromatic carbocycles. The third-order valence-corrected chi connectivity index (χ3v) is 2.15. The van der Waals surface area contributed by atoms with Crippen molar-refractivity contribution in [1.29, 1.82) is 10.5 Å². The summed E-state index contributed by atoms with van der Waals surface area (Å²) in [6, 6.07) is 14.2. The van der Waals surface area contributed by atoms with Crippen LogP contribution in [0.4, 0.5) is 0 Å². The first kappa shape index (κ1) is 11.2. The summed E-state index contributed by atoms with van der Waals surface area (Å²) >= 11 is 0. The Labute approximate surface area is 90.2 Å². The molecule has 0 radical (unpaired) electrons. The van der Waals surface area contributed by atoms with Crippen molar-refractivity contribution in [3.8, 4) is 12.1 Å². The van der Waals surface area contributed by atoms with Crippen LogP contribution in [0, 0.1) is 22.7 Å². The van der Waals surface area contributed by atoms with Gasteiger partial charge in [0, 0.05) is 6.54 Å². The van der Waals surface area contributed by atoms with Crippen LogP contribution >= 0.6 is 0 Å². The molecule has 0 amide bonds. The van der Waals surface area contributed by atoms with Gasteiger partial charge >= 0.3 is 0 Å². The van der Waals surface area contributed by atoms with E-state index in [1.54, 1.807) is 0 Å². The molecule has 0 atom stereocenters. The highest BCUT2D eigenvalue weighted by molar-refractivity contribution is 5.14. The quantitative estimate of drug-likeness (QED) is 0.676. The van der Waals surface area contributed by atoms with Gasteiger partial charge in [0.05, 0.1) is 25.2 Å². The number of benzene rings is 1. The first-order valence-electron chi connectivity index (χ1n) is 4.87. The Bertz CT molecular complexity index is 343. The van der Waals surface area contributed by atoms with Gasteiger partial charge in [-0.15, -0.1) is 0 Å². The van der Waals surface area contributed by atoms with Crippen LogP contribution < -0.4 is 0 Å². The van der Waals surface area contributed by atoms with Crippen molar-refractivity contribution < 1.29 is 0 Å². The van der Waals surface area contributed by atoms with Gasteiger partial charge in [0.15, 0.2) is 0 Å². The van der Waals surface area contributed by atoms with Crippen LogP contribution in [0.5, 0.6) is 0 Å². The van der Waals surface area contributed by atoms with Crippen LogP contribution in [0.15, 0.2) is 30.3 Å². The highest BCUT2D eigenvalue weighted by atomic mass is 15.1. The summed E-state index contributed by atoms with van der Waals surface area (Å²) in [7, 11) is 0. The molecule has 0 aliphatic rings. The van der Waals surface area contributed by atoms with Crippen molar-refractivity contribution in [2.45, 2.75) is 6.42 Å². The molecule has 1 rings (SSSR count). The van der Waals surface area contributed by atoms with E-state index in [1.807, 2.05) is 23.1 Å². The van der Waals surface area contributed by atoms with E-state index in [4.69, 9.17) is 10.5 Å². The third-order valence-electron chi connectivity index (χ3n) is 2.15. The van der Waals surface area contributed by atoms with E-state index in [1.165, 1.54) is 5.56 Å². The van der Waals surface area contributed by atoms with Gasteiger partial charge in [-0.2, -0.15) is 10.5 Å². The van der Waals surface area contributed by atoms with E-state index in [9.17, 15) is 0 Å². The molecule has 0 unspecified atom stereocenters. The topological polar surface area (TPSA) is 50.8 Å². The first-order chi connectivity index (χ1) is 7.36. The molecule has 1 aromatic rings. The molecule has 3 heteroatoms. The van der Waals surface area contributed by atoms with Crippen LogP contribution in [0.25, 0.3) is 0 Å². The molecular weight excluding hydrogens is 186 g/mol. The van der Waals surface area contributed by atoms with E-state index in [0.29, 0.717) is 13.1 Å². The number of nitrogens with zero attached hydrogens (tertiary/aromatic N) is 3. The molecule has 0 heterocycles.